The number of nitrogens with zero attached hydrogens (tertiary/aromatic N) is 1. The lowest BCUT2D eigenvalue weighted by atomic mass is 9.64. The maximum Gasteiger partial charge on any atom is 0.337 e. The first-order valence-electron chi connectivity index (χ1n) is 11.4. The Morgan fingerprint density at radius 3 is 2.81 bits per heavy atom. The van der Waals surface area contributed by atoms with E-state index in [1.54, 1.807) is 0 Å². The quantitative estimate of drug-likeness (QED) is 0.624. The van der Waals surface area contributed by atoms with E-state index in [1.165, 1.54) is 0 Å². The van der Waals surface area contributed by atoms with E-state index in [4.69, 9.17) is 4.74 Å². The Kier molecular flexibility index (Phi) is 4.12. The molecule has 1 aromatic carbocycles. The molecule has 1 saturated carbocycles. The summed E-state index contributed by atoms with van der Waals surface area (Å²) in [6.07, 6.45) is 3.74. The largest absolute Gasteiger partial charge is 0.478 e. The van der Waals surface area contributed by atoms with Gasteiger partial charge in [-0.1, -0.05) is 6.42 Å². The highest BCUT2D eigenvalue weighted by Crippen LogP contribution is 2.60. The highest BCUT2D eigenvalue weighted by molar-refractivity contribution is 6.37. The molecular formula is C25H27N3O4. The molecule has 2 fully saturated rings. The number of nitrogens with one attached hydrogen (secondary N) is 2. The van der Waals surface area contributed by atoms with E-state index in [0.717, 1.165) is 66.0 Å². The van der Waals surface area contributed by atoms with Crippen LogP contribution in [0.25, 0.3) is 11.1 Å². The second-order valence-corrected chi connectivity index (χ2v) is 9.65. The van der Waals surface area contributed by atoms with Gasteiger partial charge in [0, 0.05) is 46.3 Å². The molecule has 32 heavy (non-hydrogen) atoms. The molecule has 3 heterocycles. The molecule has 4 aliphatic rings. The van der Waals surface area contributed by atoms with Crippen molar-refractivity contribution < 1.29 is 19.4 Å². The summed E-state index contributed by atoms with van der Waals surface area (Å²) in [5, 5.41) is 12.9. The van der Waals surface area contributed by atoms with E-state index in [2.05, 4.69) is 34.3 Å². The highest BCUT2D eigenvalue weighted by atomic mass is 16.5. The fraction of sp³-hybridized carbons (Fsp3) is 0.440. The molecule has 7 nitrogen and oxygen atoms in total. The van der Waals surface area contributed by atoms with Crippen molar-refractivity contribution in [3.05, 3.63) is 46.3 Å². The molecule has 0 radical (unpaired) electrons. The second-order valence-electron chi connectivity index (χ2n) is 9.65. The van der Waals surface area contributed by atoms with E-state index < -0.39 is 5.97 Å². The molecule has 6 rings (SSSR count). The third kappa shape index (κ3) is 2.57. The van der Waals surface area contributed by atoms with Crippen LogP contribution in [0.3, 0.4) is 0 Å². The van der Waals surface area contributed by atoms with Gasteiger partial charge in [0.15, 0.2) is 0 Å². The number of fused-ring (bicyclic) bond motifs is 3. The number of carbonyl (C=O) groups excluding carboxylic acids is 1. The lowest BCUT2D eigenvalue weighted by Gasteiger charge is -2.39. The predicted octanol–water partition coefficient (Wildman–Crippen LogP) is 3.93. The van der Waals surface area contributed by atoms with E-state index in [0.29, 0.717) is 30.0 Å². The van der Waals surface area contributed by atoms with Crippen LogP contribution in [0.15, 0.2) is 18.2 Å². The molecular weight excluding hydrogens is 406 g/mol. The minimum atomic E-state index is -0.891. The number of carbonyl (C=O) groups is 2. The zero-order valence-electron chi connectivity index (χ0n) is 18.4. The van der Waals surface area contributed by atoms with Crippen LogP contribution in [0.1, 0.15) is 65.5 Å². The fourth-order valence-electron chi connectivity index (χ4n) is 6.15. The Hall–Kier alpha value is -3.06. The molecule has 1 atom stereocenters. The first-order valence-corrected chi connectivity index (χ1v) is 11.4. The number of allylic oxidation sites excluding steroid dienone is 1. The van der Waals surface area contributed by atoms with Crippen molar-refractivity contribution >= 4 is 34.4 Å². The molecule has 166 valence electrons. The standard InChI is InChI=1S/C25H27N3O4/c1-13-12-32-9-8-28(13)15-4-5-18-16(10-15)20(23(29)27-18)17-11-25(6-3-7-25)21-19(24(30)31)14(2)26-22(17)21/h4-5,10,13,26H,3,6-9,11-12H2,1-2H3,(H,27,29)(H,30,31)/b20-17-/t13-/m0/s1. The number of anilines is 2. The van der Waals surface area contributed by atoms with Crippen molar-refractivity contribution in [3.8, 4) is 0 Å². The molecule has 2 aliphatic carbocycles. The average Bonchev–Trinajstić information content (AvgIpc) is 3.34. The van der Waals surface area contributed by atoms with Gasteiger partial charge < -0.3 is 25.0 Å². The lowest BCUT2D eigenvalue weighted by Crippen LogP contribution is -2.43. The molecule has 1 spiro atoms. The number of carboxylic acids is 1. The summed E-state index contributed by atoms with van der Waals surface area (Å²) >= 11 is 0. The van der Waals surface area contributed by atoms with Crippen LogP contribution in [0.4, 0.5) is 11.4 Å². The normalized spacial score (nSPS) is 25.5. The minimum absolute atomic E-state index is 0.103. The van der Waals surface area contributed by atoms with Gasteiger partial charge in [0.1, 0.15) is 0 Å². The number of amides is 1. The van der Waals surface area contributed by atoms with Crippen molar-refractivity contribution in [3.63, 3.8) is 0 Å². The minimum Gasteiger partial charge on any atom is -0.478 e. The van der Waals surface area contributed by atoms with Gasteiger partial charge in [0.25, 0.3) is 5.91 Å². The Balaban J connectivity index is 1.53. The summed E-state index contributed by atoms with van der Waals surface area (Å²) in [5.74, 6) is -0.994. The second kappa shape index (κ2) is 6.72. The van der Waals surface area contributed by atoms with Gasteiger partial charge in [-0.2, -0.15) is 0 Å². The van der Waals surface area contributed by atoms with E-state index in [9.17, 15) is 14.7 Å². The number of ether oxygens (including phenoxy) is 1. The van der Waals surface area contributed by atoms with Crippen LogP contribution < -0.4 is 10.2 Å². The summed E-state index contributed by atoms with van der Waals surface area (Å²) in [6.45, 7) is 6.16. The van der Waals surface area contributed by atoms with Gasteiger partial charge in [0.2, 0.25) is 0 Å². The Labute approximate surface area is 186 Å². The van der Waals surface area contributed by atoms with E-state index in [-0.39, 0.29) is 17.4 Å². The van der Waals surface area contributed by atoms with Crippen LogP contribution >= 0.6 is 0 Å². The van der Waals surface area contributed by atoms with Gasteiger partial charge in [-0.05, 0) is 62.4 Å². The van der Waals surface area contributed by atoms with Crippen molar-refractivity contribution in [2.24, 2.45) is 0 Å². The number of morpholine rings is 1. The van der Waals surface area contributed by atoms with Crippen LogP contribution in [-0.4, -0.2) is 47.8 Å². The molecule has 3 N–H and O–H groups in total. The zero-order valence-corrected chi connectivity index (χ0v) is 18.4. The number of rotatable bonds is 2. The number of hydrogen-bond acceptors (Lipinski definition) is 4. The zero-order chi connectivity index (χ0) is 22.2. The summed E-state index contributed by atoms with van der Waals surface area (Å²) in [5.41, 5.74) is 7.12. The van der Waals surface area contributed by atoms with Crippen molar-refractivity contribution in [2.75, 3.05) is 30.0 Å². The molecule has 7 heteroatoms. The summed E-state index contributed by atoms with van der Waals surface area (Å²) < 4.78 is 5.59. The monoisotopic (exact) mass is 433 g/mol. The smallest absolute Gasteiger partial charge is 0.337 e. The van der Waals surface area contributed by atoms with Crippen LogP contribution in [-0.2, 0) is 14.9 Å². The highest BCUT2D eigenvalue weighted by Gasteiger charge is 2.51. The van der Waals surface area contributed by atoms with Crippen LogP contribution in [0, 0.1) is 6.92 Å². The number of benzene rings is 1. The van der Waals surface area contributed by atoms with E-state index in [1.807, 2.05) is 13.0 Å². The van der Waals surface area contributed by atoms with Crippen molar-refractivity contribution in [2.45, 2.75) is 51.0 Å². The number of aryl methyl sites for hydroxylation is 1. The van der Waals surface area contributed by atoms with Crippen LogP contribution in [0.5, 0.6) is 0 Å². The molecule has 1 amide bonds. The topological polar surface area (TPSA) is 94.7 Å². The number of aromatic amines is 1. The molecule has 1 saturated heterocycles. The van der Waals surface area contributed by atoms with Gasteiger partial charge in [-0.25, -0.2) is 4.79 Å². The third-order valence-corrected chi connectivity index (χ3v) is 7.81. The number of carboxylic acid groups (broad SMARTS) is 1. The average molecular weight is 434 g/mol. The number of hydrogen-bond donors (Lipinski definition) is 3. The predicted molar refractivity (Wildman–Crippen MR) is 122 cm³/mol. The third-order valence-electron chi connectivity index (χ3n) is 7.81. The van der Waals surface area contributed by atoms with Gasteiger partial charge >= 0.3 is 5.97 Å². The maximum atomic E-state index is 13.2. The maximum absolute atomic E-state index is 13.2. The number of aromatic nitrogens is 1. The van der Waals surface area contributed by atoms with Gasteiger partial charge in [-0.3, -0.25) is 4.79 Å². The van der Waals surface area contributed by atoms with Crippen molar-refractivity contribution in [1.29, 1.82) is 0 Å². The lowest BCUT2D eigenvalue weighted by molar-refractivity contribution is -0.110. The summed E-state index contributed by atoms with van der Waals surface area (Å²) in [4.78, 5) is 30.9. The SMILES string of the molecule is Cc1[nH]c2c(c1C(=O)O)C1(CCC1)C/C2=C1/C(=O)Nc2ccc(N3CCOC[C@@H]3C)cc21. The Morgan fingerprint density at radius 2 is 2.12 bits per heavy atom. The summed E-state index contributed by atoms with van der Waals surface area (Å²) in [7, 11) is 0. The van der Waals surface area contributed by atoms with Crippen LogP contribution in [0.2, 0.25) is 0 Å². The molecule has 2 aliphatic heterocycles. The molecule has 0 unspecified atom stereocenters. The fourth-order valence-corrected chi connectivity index (χ4v) is 6.15. The van der Waals surface area contributed by atoms with Crippen molar-refractivity contribution in [1.82, 2.24) is 4.98 Å². The van der Waals surface area contributed by atoms with Gasteiger partial charge in [0.05, 0.1) is 24.4 Å². The first-order chi connectivity index (χ1) is 15.4. The molecule has 2 aromatic rings. The number of aromatic carboxylic acids is 1. The van der Waals surface area contributed by atoms with E-state index >= 15 is 0 Å². The summed E-state index contributed by atoms with van der Waals surface area (Å²) in [6, 6.07) is 6.42. The van der Waals surface area contributed by atoms with Gasteiger partial charge in [-0.15, -0.1) is 0 Å². The molecule has 0 bridgehead atoms. The molecule has 1 aromatic heterocycles. The Morgan fingerprint density at radius 1 is 1.31 bits per heavy atom. The number of H-pyrrole nitrogens is 1. The Bertz CT molecular complexity index is 1200. The first kappa shape index (κ1) is 19.6.